The van der Waals surface area contributed by atoms with Gasteiger partial charge in [-0.3, -0.25) is 14.9 Å². The minimum absolute atomic E-state index is 0.300. The maximum Gasteiger partial charge on any atom is 0.258 e. The molecule has 0 spiro atoms. The summed E-state index contributed by atoms with van der Waals surface area (Å²) in [5.41, 5.74) is 22.6. The number of carbonyl (C=O) groups is 2. The van der Waals surface area contributed by atoms with E-state index in [2.05, 4.69) is 33.0 Å². The molecule has 7 heteroatoms. The molecule has 0 saturated heterocycles. The molecular weight excluding hydrogens is 775 g/mol. The van der Waals surface area contributed by atoms with E-state index in [0.29, 0.717) is 11.1 Å². The molecule has 0 aromatic heterocycles. The van der Waals surface area contributed by atoms with E-state index < -0.39 is 0 Å². The first kappa shape index (κ1) is 65.5. The molecule has 0 bridgehead atoms. The first-order valence-electron chi connectivity index (χ1n) is 27.7. The van der Waals surface area contributed by atoms with Crippen molar-refractivity contribution in [3.05, 3.63) is 35.4 Å². The van der Waals surface area contributed by atoms with Crippen molar-refractivity contribution in [2.45, 2.75) is 285 Å². The summed E-state index contributed by atoms with van der Waals surface area (Å²) >= 11 is 0. The number of nitrogens with two attached hydrogens (primary N) is 4. The third-order valence-electron chi connectivity index (χ3n) is 11.9. The maximum atomic E-state index is 10.9. The Morgan fingerprint density at radius 2 is 0.444 bits per heavy atom. The van der Waals surface area contributed by atoms with E-state index in [4.69, 9.17) is 22.9 Å². The lowest BCUT2D eigenvalue weighted by Crippen LogP contribution is -2.19. The van der Waals surface area contributed by atoms with Gasteiger partial charge in [-0.2, -0.15) is 0 Å². The van der Waals surface area contributed by atoms with E-state index in [1.807, 2.05) is 0 Å². The standard InChI is InChI=1S/C18H39N.C12H27N.C10H23N.C8H5NO2.C8H19N/c1-2-3-4-5-6-7-8-9-10-11-12-13-14-15-16-17-18-19;1-2-3-4-5-6-7-8-9-10-11-12-13;1-2-3-4-5-6-7-8-9-10-11;10-7-5-3-1-2-4-6(5)8(11)9-7;1-2-3-4-5-6-7-8-9/h2-19H2,1H3;2-13H2,1H3;2-11H2,1H3;1-4H,(H,9,10,11);2-9H2,1H3. The average molecular weight is 889 g/mol. The van der Waals surface area contributed by atoms with Crippen LogP contribution in [0.5, 0.6) is 0 Å². The van der Waals surface area contributed by atoms with Gasteiger partial charge in [0, 0.05) is 0 Å². The number of unbranched alkanes of at least 4 members (excludes halogenated alkanes) is 36. The van der Waals surface area contributed by atoms with E-state index in [1.165, 1.54) is 257 Å². The molecule has 0 atom stereocenters. The molecule has 9 N–H and O–H groups in total. The minimum atomic E-state index is -0.300. The molecule has 1 aromatic rings. The van der Waals surface area contributed by atoms with E-state index in [9.17, 15) is 9.59 Å². The lowest BCUT2D eigenvalue weighted by atomic mass is 10.0. The van der Waals surface area contributed by atoms with Gasteiger partial charge in [0.2, 0.25) is 0 Å². The molecule has 63 heavy (non-hydrogen) atoms. The van der Waals surface area contributed by atoms with Gasteiger partial charge in [0.15, 0.2) is 0 Å². The molecule has 0 radical (unpaired) electrons. The van der Waals surface area contributed by atoms with Gasteiger partial charge in [-0.15, -0.1) is 0 Å². The van der Waals surface area contributed by atoms with Crippen LogP contribution in [0.25, 0.3) is 0 Å². The fourth-order valence-corrected chi connectivity index (χ4v) is 7.64. The van der Waals surface area contributed by atoms with E-state index in [0.717, 1.165) is 26.2 Å². The van der Waals surface area contributed by atoms with Crippen LogP contribution in [-0.4, -0.2) is 38.0 Å². The van der Waals surface area contributed by atoms with Crippen LogP contribution in [-0.2, 0) is 0 Å². The van der Waals surface area contributed by atoms with Crippen LogP contribution in [0.1, 0.15) is 305 Å². The van der Waals surface area contributed by atoms with Crippen LogP contribution < -0.4 is 28.3 Å². The second-order valence-electron chi connectivity index (χ2n) is 18.2. The van der Waals surface area contributed by atoms with Crippen molar-refractivity contribution in [3.63, 3.8) is 0 Å². The van der Waals surface area contributed by atoms with Gasteiger partial charge in [0.25, 0.3) is 11.8 Å². The summed E-state index contributed by atoms with van der Waals surface area (Å²) in [6, 6.07) is 6.74. The van der Waals surface area contributed by atoms with Crippen molar-refractivity contribution in [3.8, 4) is 0 Å². The van der Waals surface area contributed by atoms with Crippen LogP contribution in [0, 0.1) is 0 Å². The topological polar surface area (TPSA) is 150 Å². The van der Waals surface area contributed by atoms with Crippen molar-refractivity contribution in [1.29, 1.82) is 0 Å². The predicted molar refractivity (Wildman–Crippen MR) is 282 cm³/mol. The van der Waals surface area contributed by atoms with Gasteiger partial charge >= 0.3 is 0 Å². The van der Waals surface area contributed by atoms with Crippen molar-refractivity contribution < 1.29 is 9.59 Å². The van der Waals surface area contributed by atoms with Gasteiger partial charge in [0.05, 0.1) is 11.1 Å². The van der Waals surface area contributed by atoms with Crippen LogP contribution in [0.2, 0.25) is 0 Å². The largest absolute Gasteiger partial charge is 0.330 e. The Balaban J connectivity index is -0.000000732. The number of hydrogen-bond donors (Lipinski definition) is 5. The number of carbonyl (C=O) groups excluding carboxylic acids is 2. The summed E-state index contributed by atoms with van der Waals surface area (Å²) in [5, 5.41) is 2.20. The van der Waals surface area contributed by atoms with Gasteiger partial charge < -0.3 is 22.9 Å². The number of imide groups is 1. The summed E-state index contributed by atoms with van der Waals surface area (Å²) in [6.45, 7) is 12.5. The molecule has 1 heterocycles. The summed E-state index contributed by atoms with van der Waals surface area (Å²) in [5.74, 6) is -0.601. The van der Waals surface area contributed by atoms with Crippen LogP contribution in [0.3, 0.4) is 0 Å². The van der Waals surface area contributed by atoms with Crippen molar-refractivity contribution >= 4 is 11.8 Å². The van der Waals surface area contributed by atoms with Gasteiger partial charge in [-0.25, -0.2) is 0 Å². The summed E-state index contributed by atoms with van der Waals surface area (Å²) in [7, 11) is 0. The van der Waals surface area contributed by atoms with Gasteiger partial charge in [-0.1, -0.05) is 271 Å². The predicted octanol–water partition coefficient (Wildman–Crippen LogP) is 16.0. The Morgan fingerprint density at radius 3 is 0.603 bits per heavy atom. The molecule has 1 aliphatic heterocycles. The van der Waals surface area contributed by atoms with E-state index >= 15 is 0 Å². The first-order valence-corrected chi connectivity index (χ1v) is 27.7. The average Bonchev–Trinajstić information content (AvgIpc) is 3.60. The van der Waals surface area contributed by atoms with E-state index in [-0.39, 0.29) is 11.8 Å². The lowest BCUT2D eigenvalue weighted by molar-refractivity contribution is 0.0879. The fourth-order valence-electron chi connectivity index (χ4n) is 7.64. The van der Waals surface area contributed by atoms with Crippen molar-refractivity contribution in [2.24, 2.45) is 22.9 Å². The molecule has 0 unspecified atom stereocenters. The molecule has 0 fully saturated rings. The van der Waals surface area contributed by atoms with Gasteiger partial charge in [0.1, 0.15) is 0 Å². The highest BCUT2D eigenvalue weighted by molar-refractivity contribution is 6.21. The van der Waals surface area contributed by atoms with Crippen LogP contribution in [0.4, 0.5) is 0 Å². The first-order chi connectivity index (χ1) is 30.9. The third kappa shape index (κ3) is 54.4. The number of rotatable bonds is 40. The molecule has 0 saturated carbocycles. The normalized spacial score (nSPS) is 11.3. The monoisotopic (exact) mass is 888 g/mol. The van der Waals surface area contributed by atoms with Crippen molar-refractivity contribution in [2.75, 3.05) is 26.2 Å². The summed E-state index contributed by atoms with van der Waals surface area (Å²) in [6.07, 6.45) is 55.8. The maximum absolute atomic E-state index is 10.9. The number of fused-ring (bicyclic) bond motifs is 1. The Kier molecular flexibility index (Phi) is 62.6. The zero-order chi connectivity index (χ0) is 47.0. The summed E-state index contributed by atoms with van der Waals surface area (Å²) in [4.78, 5) is 21.9. The Morgan fingerprint density at radius 1 is 0.286 bits per heavy atom. The van der Waals surface area contributed by atoms with Crippen LogP contribution >= 0.6 is 0 Å². The fraction of sp³-hybridized carbons (Fsp3) is 0.857. The molecule has 7 nitrogen and oxygen atoms in total. The molecule has 1 aromatic carbocycles. The molecule has 2 rings (SSSR count). The van der Waals surface area contributed by atoms with Crippen molar-refractivity contribution in [1.82, 2.24) is 5.32 Å². The highest BCUT2D eigenvalue weighted by atomic mass is 16.2. The lowest BCUT2D eigenvalue weighted by Gasteiger charge is -2.03. The second-order valence-corrected chi connectivity index (χ2v) is 18.2. The quantitative estimate of drug-likeness (QED) is 0.0327. The number of nitrogens with one attached hydrogen (secondary N) is 1. The zero-order valence-corrected chi connectivity index (χ0v) is 43.0. The molecule has 0 aliphatic carbocycles. The van der Waals surface area contributed by atoms with Crippen LogP contribution in [0.15, 0.2) is 24.3 Å². The SMILES string of the molecule is CCCCCCCCCCCCCCCCCCN.CCCCCCCCCCCCN.CCCCCCCCCCN.CCCCCCCCN.O=C1NC(=O)c2ccccc21. The smallest absolute Gasteiger partial charge is 0.258 e. The Hall–Kier alpha value is -1.80. The molecular formula is C56H113N5O2. The number of hydrogen-bond acceptors (Lipinski definition) is 6. The molecule has 2 amide bonds. The third-order valence-corrected chi connectivity index (χ3v) is 11.9. The van der Waals surface area contributed by atoms with Gasteiger partial charge in [-0.05, 0) is 64.0 Å². The Labute approximate surface area is 394 Å². The molecule has 374 valence electrons. The number of benzene rings is 1. The second kappa shape index (κ2) is 60.2. The minimum Gasteiger partial charge on any atom is -0.330 e. The zero-order valence-electron chi connectivity index (χ0n) is 43.0. The Bertz CT molecular complexity index is 933. The molecule has 1 aliphatic rings. The van der Waals surface area contributed by atoms with E-state index in [1.54, 1.807) is 24.3 Å². The highest BCUT2D eigenvalue weighted by Gasteiger charge is 2.25. The summed E-state index contributed by atoms with van der Waals surface area (Å²) < 4.78 is 0. The number of amides is 2. The highest BCUT2D eigenvalue weighted by Crippen LogP contribution is 2.15.